The Morgan fingerprint density at radius 1 is 1.04 bits per heavy atom. The molecule has 2 N–H and O–H groups in total. The SMILES string of the molecule is Cc1cccc(C(=O)NC(C(=O)Nc2cccc(CN(C)C)c2)C(C)C)c1. The van der Waals surface area contributed by atoms with Gasteiger partial charge in [-0.2, -0.15) is 0 Å². The number of rotatable bonds is 7. The highest BCUT2D eigenvalue weighted by Crippen LogP contribution is 2.14. The summed E-state index contributed by atoms with van der Waals surface area (Å²) >= 11 is 0. The van der Waals surface area contributed by atoms with Gasteiger partial charge in [-0.15, -0.1) is 0 Å². The van der Waals surface area contributed by atoms with Gasteiger partial charge in [-0.25, -0.2) is 0 Å². The lowest BCUT2D eigenvalue weighted by molar-refractivity contribution is -0.118. The summed E-state index contributed by atoms with van der Waals surface area (Å²) in [6.45, 7) is 6.57. The number of benzene rings is 2. The zero-order valence-electron chi connectivity index (χ0n) is 16.7. The average molecular weight is 367 g/mol. The van der Waals surface area contributed by atoms with Crippen LogP contribution in [-0.2, 0) is 11.3 Å². The van der Waals surface area contributed by atoms with Gasteiger partial charge in [0.05, 0.1) is 0 Å². The highest BCUT2D eigenvalue weighted by atomic mass is 16.2. The van der Waals surface area contributed by atoms with Gasteiger partial charge in [-0.1, -0.05) is 43.7 Å². The quantitative estimate of drug-likeness (QED) is 0.788. The van der Waals surface area contributed by atoms with Crippen LogP contribution in [0, 0.1) is 12.8 Å². The smallest absolute Gasteiger partial charge is 0.251 e. The fourth-order valence-corrected chi connectivity index (χ4v) is 2.88. The number of nitrogens with zero attached hydrogens (tertiary/aromatic N) is 1. The summed E-state index contributed by atoms with van der Waals surface area (Å²) in [5.41, 5.74) is 3.41. The minimum atomic E-state index is -0.615. The lowest BCUT2D eigenvalue weighted by Gasteiger charge is -2.22. The number of hydrogen-bond acceptors (Lipinski definition) is 3. The third-order valence-corrected chi connectivity index (χ3v) is 4.21. The van der Waals surface area contributed by atoms with Crippen molar-refractivity contribution >= 4 is 17.5 Å². The maximum Gasteiger partial charge on any atom is 0.251 e. The second kappa shape index (κ2) is 9.33. The van der Waals surface area contributed by atoms with Crippen LogP contribution in [0.5, 0.6) is 0 Å². The molecule has 0 saturated heterocycles. The van der Waals surface area contributed by atoms with Gasteiger partial charge in [0.2, 0.25) is 5.91 Å². The van der Waals surface area contributed by atoms with Gasteiger partial charge in [0.1, 0.15) is 6.04 Å². The summed E-state index contributed by atoms with van der Waals surface area (Å²) in [5.74, 6) is -0.495. The van der Waals surface area contributed by atoms with Crippen molar-refractivity contribution < 1.29 is 9.59 Å². The van der Waals surface area contributed by atoms with Crippen LogP contribution in [0.3, 0.4) is 0 Å². The number of carbonyl (C=O) groups excluding carboxylic acids is 2. The third kappa shape index (κ3) is 6.22. The predicted octanol–water partition coefficient (Wildman–Crippen LogP) is 3.45. The number of carbonyl (C=O) groups is 2. The molecule has 0 aliphatic rings. The Morgan fingerprint density at radius 2 is 1.74 bits per heavy atom. The second-order valence-corrected chi connectivity index (χ2v) is 7.49. The van der Waals surface area contributed by atoms with E-state index in [2.05, 4.69) is 15.5 Å². The van der Waals surface area contributed by atoms with Crippen LogP contribution in [0.4, 0.5) is 5.69 Å². The molecule has 0 heterocycles. The van der Waals surface area contributed by atoms with Crippen molar-refractivity contribution in [3.05, 3.63) is 65.2 Å². The van der Waals surface area contributed by atoms with Crippen LogP contribution in [0.25, 0.3) is 0 Å². The van der Waals surface area contributed by atoms with Crippen molar-refractivity contribution in [1.29, 1.82) is 0 Å². The minimum Gasteiger partial charge on any atom is -0.340 e. The molecule has 1 atom stereocenters. The van der Waals surface area contributed by atoms with E-state index < -0.39 is 6.04 Å². The number of aryl methyl sites for hydroxylation is 1. The Labute approximate surface area is 161 Å². The van der Waals surface area contributed by atoms with Crippen LogP contribution in [0.1, 0.15) is 35.3 Å². The molecule has 144 valence electrons. The molecule has 0 aliphatic carbocycles. The summed E-state index contributed by atoms with van der Waals surface area (Å²) in [5, 5.41) is 5.80. The number of amides is 2. The van der Waals surface area contributed by atoms with Crippen LogP contribution in [-0.4, -0.2) is 36.9 Å². The molecule has 0 bridgehead atoms. The van der Waals surface area contributed by atoms with Crippen molar-refractivity contribution in [3.63, 3.8) is 0 Å². The van der Waals surface area contributed by atoms with Crippen LogP contribution in [0.15, 0.2) is 48.5 Å². The van der Waals surface area contributed by atoms with Gasteiger partial charge in [0.15, 0.2) is 0 Å². The number of hydrogen-bond donors (Lipinski definition) is 2. The summed E-state index contributed by atoms with van der Waals surface area (Å²) < 4.78 is 0. The van der Waals surface area contributed by atoms with Gasteiger partial charge in [0, 0.05) is 17.8 Å². The molecule has 0 fully saturated rings. The molecule has 0 radical (unpaired) electrons. The van der Waals surface area contributed by atoms with Crippen molar-refractivity contribution in [2.24, 2.45) is 5.92 Å². The standard InChI is InChI=1S/C22H29N3O2/c1-15(2)20(24-21(26)18-10-6-8-16(3)12-18)22(27)23-19-11-7-9-17(13-19)14-25(4)5/h6-13,15,20H,14H2,1-5H3,(H,23,27)(H,24,26). The molecule has 27 heavy (non-hydrogen) atoms. The van der Waals surface area contributed by atoms with Crippen LogP contribution < -0.4 is 10.6 Å². The molecular formula is C22H29N3O2. The molecule has 2 aromatic rings. The van der Waals surface area contributed by atoms with E-state index in [-0.39, 0.29) is 17.7 Å². The summed E-state index contributed by atoms with van der Waals surface area (Å²) in [4.78, 5) is 27.4. The molecule has 0 aromatic heterocycles. The molecule has 0 aliphatic heterocycles. The van der Waals surface area contributed by atoms with Gasteiger partial charge in [-0.3, -0.25) is 9.59 Å². The molecule has 2 amide bonds. The zero-order valence-corrected chi connectivity index (χ0v) is 16.7. The molecule has 1 unspecified atom stereocenters. The largest absolute Gasteiger partial charge is 0.340 e. The molecule has 2 aromatic carbocycles. The molecule has 0 saturated carbocycles. The summed E-state index contributed by atoms with van der Waals surface area (Å²) in [6, 6.07) is 14.5. The average Bonchev–Trinajstić information content (AvgIpc) is 2.58. The Hall–Kier alpha value is -2.66. The molecule has 5 nitrogen and oxygen atoms in total. The number of nitrogens with one attached hydrogen (secondary N) is 2. The van der Waals surface area contributed by atoms with E-state index in [1.54, 1.807) is 6.07 Å². The molecule has 0 spiro atoms. The number of anilines is 1. The van der Waals surface area contributed by atoms with Gasteiger partial charge >= 0.3 is 0 Å². The summed E-state index contributed by atoms with van der Waals surface area (Å²) in [7, 11) is 4.00. The highest BCUT2D eigenvalue weighted by Gasteiger charge is 2.25. The van der Waals surface area contributed by atoms with Crippen molar-refractivity contribution in [3.8, 4) is 0 Å². The van der Waals surface area contributed by atoms with Crippen molar-refractivity contribution in [1.82, 2.24) is 10.2 Å². The van der Waals surface area contributed by atoms with E-state index >= 15 is 0 Å². The van der Waals surface area contributed by atoms with Crippen LogP contribution in [0.2, 0.25) is 0 Å². The highest BCUT2D eigenvalue weighted by molar-refractivity contribution is 6.01. The molecular weight excluding hydrogens is 338 g/mol. The van der Waals surface area contributed by atoms with Crippen molar-refractivity contribution in [2.45, 2.75) is 33.4 Å². The fourth-order valence-electron chi connectivity index (χ4n) is 2.88. The van der Waals surface area contributed by atoms with Crippen LogP contribution >= 0.6 is 0 Å². The maximum atomic E-state index is 12.8. The lowest BCUT2D eigenvalue weighted by Crippen LogP contribution is -2.47. The normalized spacial score (nSPS) is 12.1. The molecule has 5 heteroatoms. The summed E-state index contributed by atoms with van der Waals surface area (Å²) in [6.07, 6.45) is 0. The van der Waals surface area contributed by atoms with Gasteiger partial charge in [0.25, 0.3) is 5.91 Å². The topological polar surface area (TPSA) is 61.4 Å². The Balaban J connectivity index is 2.10. The monoisotopic (exact) mass is 367 g/mol. The van der Waals surface area contributed by atoms with Gasteiger partial charge < -0.3 is 15.5 Å². The zero-order chi connectivity index (χ0) is 20.0. The Kier molecular flexibility index (Phi) is 7.13. The van der Waals surface area contributed by atoms with E-state index in [0.29, 0.717) is 5.56 Å². The predicted molar refractivity (Wildman–Crippen MR) is 110 cm³/mol. The first-order chi connectivity index (χ1) is 12.8. The van der Waals surface area contributed by atoms with E-state index in [0.717, 1.165) is 23.4 Å². The first-order valence-corrected chi connectivity index (χ1v) is 9.18. The molecule has 2 rings (SSSR count). The van der Waals surface area contributed by atoms with E-state index in [1.165, 1.54) is 0 Å². The Morgan fingerprint density at radius 3 is 2.37 bits per heavy atom. The first-order valence-electron chi connectivity index (χ1n) is 9.18. The fraction of sp³-hybridized carbons (Fsp3) is 0.364. The lowest BCUT2D eigenvalue weighted by atomic mass is 10.0. The van der Waals surface area contributed by atoms with E-state index in [9.17, 15) is 9.59 Å². The minimum absolute atomic E-state index is 0.0382. The van der Waals surface area contributed by atoms with E-state index in [1.807, 2.05) is 77.3 Å². The first kappa shape index (κ1) is 20.6. The Bertz CT molecular complexity index is 800. The van der Waals surface area contributed by atoms with Gasteiger partial charge in [-0.05, 0) is 56.8 Å². The maximum absolute atomic E-state index is 12.8. The second-order valence-electron chi connectivity index (χ2n) is 7.49. The van der Waals surface area contributed by atoms with E-state index in [4.69, 9.17) is 0 Å². The third-order valence-electron chi connectivity index (χ3n) is 4.21. The van der Waals surface area contributed by atoms with Crippen molar-refractivity contribution in [2.75, 3.05) is 19.4 Å².